The first-order valence-corrected chi connectivity index (χ1v) is 4.53. The van der Waals surface area contributed by atoms with Gasteiger partial charge in [0.2, 0.25) is 0 Å². The fourth-order valence-electron chi connectivity index (χ4n) is 0.384. The molecule has 0 N–H and O–H groups in total. The van der Waals surface area contributed by atoms with E-state index in [0.717, 1.165) is 0 Å². The van der Waals surface area contributed by atoms with E-state index in [1.807, 2.05) is 6.26 Å². The van der Waals surface area contributed by atoms with Crippen LogP contribution < -0.4 is 0 Å². The molecule has 0 radical (unpaired) electrons. The molecule has 0 aromatic heterocycles. The smallest absolute Gasteiger partial charge is 0.434 e. The fraction of sp³-hybridized carbons (Fsp3) is 0.714. The van der Waals surface area contributed by atoms with Crippen LogP contribution in [0.3, 0.4) is 0 Å². The third-order valence-electron chi connectivity index (χ3n) is 0.657. The van der Waals surface area contributed by atoms with Crippen molar-refractivity contribution in [1.82, 2.24) is 0 Å². The number of hydrogen-bond acceptors (Lipinski definition) is 3. The minimum atomic E-state index is -0.535. The fourth-order valence-corrected chi connectivity index (χ4v) is 0.575. The molecule has 1 amide bonds. The molecule has 3 nitrogen and oxygen atoms in total. The number of thioether (sulfide) groups is 1. The van der Waals surface area contributed by atoms with Crippen molar-refractivity contribution in [2.45, 2.75) is 26.4 Å². The zero-order valence-electron chi connectivity index (χ0n) is 7.25. The van der Waals surface area contributed by atoms with Gasteiger partial charge in [0.1, 0.15) is 5.60 Å². The molecular formula is C7H13NO2S. The summed E-state index contributed by atoms with van der Waals surface area (Å²) in [6.45, 7) is 5.42. The molecule has 0 aliphatic rings. The van der Waals surface area contributed by atoms with Crippen molar-refractivity contribution in [3.8, 4) is 0 Å². The van der Waals surface area contributed by atoms with Crippen molar-refractivity contribution in [2.75, 3.05) is 6.26 Å². The molecule has 0 saturated carbocycles. The first-order valence-electron chi connectivity index (χ1n) is 3.24. The molecule has 0 atom stereocenters. The number of ether oxygens (including phenoxy) is 1. The molecule has 0 fully saturated rings. The van der Waals surface area contributed by atoms with E-state index in [9.17, 15) is 4.79 Å². The van der Waals surface area contributed by atoms with Crippen LogP contribution >= 0.6 is 11.8 Å². The molecule has 0 aromatic rings. The Labute approximate surface area is 71.2 Å². The summed E-state index contributed by atoms with van der Waals surface area (Å²) in [5.74, 6) is 0. The molecule has 11 heavy (non-hydrogen) atoms. The van der Waals surface area contributed by atoms with Gasteiger partial charge in [-0.25, -0.2) is 4.79 Å². The number of rotatable bonds is 1. The Morgan fingerprint density at radius 1 is 1.55 bits per heavy atom. The first-order chi connectivity index (χ1) is 4.95. The van der Waals surface area contributed by atoms with Crippen molar-refractivity contribution in [3.05, 3.63) is 0 Å². The second-order valence-electron chi connectivity index (χ2n) is 2.95. The van der Waals surface area contributed by atoms with Crippen molar-refractivity contribution < 1.29 is 9.53 Å². The Bertz CT molecular complexity index is 160. The summed E-state index contributed by atoms with van der Waals surface area (Å²) in [6, 6.07) is 0. The molecule has 0 aromatic carbocycles. The SMILES string of the molecule is CS/C=N/C(=O)OC(C)(C)C. The average Bonchev–Trinajstić information content (AvgIpc) is 1.79. The molecule has 0 heterocycles. The average molecular weight is 175 g/mol. The maximum atomic E-state index is 10.8. The van der Waals surface area contributed by atoms with Gasteiger partial charge in [-0.3, -0.25) is 0 Å². The maximum absolute atomic E-state index is 10.8. The Hall–Kier alpha value is -0.510. The lowest BCUT2D eigenvalue weighted by Crippen LogP contribution is -2.21. The first kappa shape index (κ1) is 10.5. The molecule has 0 spiro atoms. The third kappa shape index (κ3) is 7.39. The standard InChI is InChI=1S/C7H13NO2S/c1-7(2,3)10-6(9)8-5-11-4/h5H,1-4H3/b8-5+. The zero-order chi connectivity index (χ0) is 8.91. The summed E-state index contributed by atoms with van der Waals surface area (Å²) in [7, 11) is 0. The van der Waals surface area contributed by atoms with E-state index in [1.165, 1.54) is 17.3 Å². The predicted molar refractivity (Wildman–Crippen MR) is 48.2 cm³/mol. The van der Waals surface area contributed by atoms with Gasteiger partial charge in [-0.15, -0.1) is 11.8 Å². The van der Waals surface area contributed by atoms with Crippen LogP contribution in [0.5, 0.6) is 0 Å². The quantitative estimate of drug-likeness (QED) is 0.453. The van der Waals surface area contributed by atoms with Crippen LogP contribution in [0.25, 0.3) is 0 Å². The van der Waals surface area contributed by atoms with Gasteiger partial charge >= 0.3 is 6.09 Å². The lowest BCUT2D eigenvalue weighted by atomic mass is 10.2. The number of aliphatic imine (C=N–C) groups is 1. The molecular weight excluding hydrogens is 162 g/mol. The van der Waals surface area contributed by atoms with Gasteiger partial charge in [0.05, 0.1) is 5.55 Å². The Kier molecular flexibility index (Phi) is 4.18. The van der Waals surface area contributed by atoms with E-state index in [1.54, 1.807) is 20.8 Å². The summed E-state index contributed by atoms with van der Waals surface area (Å²) in [5, 5.41) is 0. The Balaban J connectivity index is 3.80. The van der Waals surface area contributed by atoms with Gasteiger partial charge in [0.15, 0.2) is 0 Å². The number of amides is 1. The third-order valence-corrected chi connectivity index (χ3v) is 0.973. The van der Waals surface area contributed by atoms with Crippen LogP contribution in [-0.2, 0) is 4.74 Å². The highest BCUT2D eigenvalue weighted by atomic mass is 32.2. The normalized spacial score (nSPS) is 12.0. The zero-order valence-corrected chi connectivity index (χ0v) is 8.07. The van der Waals surface area contributed by atoms with E-state index in [4.69, 9.17) is 4.74 Å². The number of nitrogens with zero attached hydrogens (tertiary/aromatic N) is 1. The van der Waals surface area contributed by atoms with Gasteiger partial charge in [-0.05, 0) is 27.0 Å². The predicted octanol–water partition coefficient (Wildman–Crippen LogP) is 2.31. The largest absolute Gasteiger partial charge is 0.442 e. The molecule has 0 saturated heterocycles. The lowest BCUT2D eigenvalue weighted by molar-refractivity contribution is 0.0605. The molecule has 0 aliphatic carbocycles. The van der Waals surface area contributed by atoms with E-state index in [2.05, 4.69) is 4.99 Å². The summed E-state index contributed by atoms with van der Waals surface area (Å²) >= 11 is 1.36. The highest BCUT2D eigenvalue weighted by molar-refractivity contribution is 8.11. The number of carbonyl (C=O) groups excluding carboxylic acids is 1. The molecule has 0 bridgehead atoms. The van der Waals surface area contributed by atoms with Gasteiger partial charge in [-0.1, -0.05) is 0 Å². The van der Waals surface area contributed by atoms with Gasteiger partial charge < -0.3 is 4.74 Å². The van der Waals surface area contributed by atoms with Crippen LogP contribution in [0.4, 0.5) is 4.79 Å². The van der Waals surface area contributed by atoms with Crippen LogP contribution in [-0.4, -0.2) is 23.5 Å². The van der Waals surface area contributed by atoms with Crippen molar-refractivity contribution in [3.63, 3.8) is 0 Å². The lowest BCUT2D eigenvalue weighted by Gasteiger charge is -2.16. The summed E-state index contributed by atoms with van der Waals surface area (Å²) < 4.78 is 4.89. The van der Waals surface area contributed by atoms with Gasteiger partial charge in [0.25, 0.3) is 0 Å². The highest BCUT2D eigenvalue weighted by Gasteiger charge is 2.14. The Morgan fingerprint density at radius 2 is 2.09 bits per heavy atom. The minimum absolute atomic E-state index is 0.452. The molecule has 4 heteroatoms. The van der Waals surface area contributed by atoms with Crippen molar-refractivity contribution >= 4 is 23.4 Å². The highest BCUT2D eigenvalue weighted by Crippen LogP contribution is 2.07. The van der Waals surface area contributed by atoms with E-state index in [-0.39, 0.29) is 0 Å². The molecule has 64 valence electrons. The number of hydrogen-bond donors (Lipinski definition) is 0. The second-order valence-corrected chi connectivity index (χ2v) is 3.63. The van der Waals surface area contributed by atoms with Gasteiger partial charge in [0, 0.05) is 0 Å². The van der Waals surface area contributed by atoms with Gasteiger partial charge in [-0.2, -0.15) is 4.99 Å². The maximum Gasteiger partial charge on any atom is 0.434 e. The molecule has 0 unspecified atom stereocenters. The topological polar surface area (TPSA) is 38.7 Å². The Morgan fingerprint density at radius 3 is 2.45 bits per heavy atom. The van der Waals surface area contributed by atoms with Crippen LogP contribution in [0.2, 0.25) is 0 Å². The summed E-state index contributed by atoms with van der Waals surface area (Å²) in [4.78, 5) is 14.3. The monoisotopic (exact) mass is 175 g/mol. The van der Waals surface area contributed by atoms with E-state index in [0.29, 0.717) is 0 Å². The van der Waals surface area contributed by atoms with Crippen molar-refractivity contribution in [1.29, 1.82) is 0 Å². The second kappa shape index (κ2) is 4.38. The number of carbonyl (C=O) groups is 1. The van der Waals surface area contributed by atoms with Crippen LogP contribution in [0, 0.1) is 0 Å². The van der Waals surface area contributed by atoms with Crippen LogP contribution in [0.15, 0.2) is 4.99 Å². The summed E-state index contributed by atoms with van der Waals surface area (Å²) in [6.07, 6.45) is 1.29. The van der Waals surface area contributed by atoms with E-state index >= 15 is 0 Å². The molecule has 0 aliphatic heterocycles. The van der Waals surface area contributed by atoms with Crippen LogP contribution in [0.1, 0.15) is 20.8 Å². The minimum Gasteiger partial charge on any atom is -0.442 e. The summed E-state index contributed by atoms with van der Waals surface area (Å²) in [5.41, 5.74) is 1.00. The van der Waals surface area contributed by atoms with Crippen molar-refractivity contribution in [2.24, 2.45) is 4.99 Å². The molecule has 0 rings (SSSR count). The van der Waals surface area contributed by atoms with E-state index < -0.39 is 11.7 Å².